The van der Waals surface area contributed by atoms with Gasteiger partial charge in [0.2, 0.25) is 0 Å². The minimum atomic E-state index is -0.204. The van der Waals surface area contributed by atoms with E-state index in [0.29, 0.717) is 17.1 Å². The highest BCUT2D eigenvalue weighted by Gasteiger charge is 2.11. The maximum atomic E-state index is 12.4. The van der Waals surface area contributed by atoms with Gasteiger partial charge >= 0.3 is 0 Å². The summed E-state index contributed by atoms with van der Waals surface area (Å²) in [5.74, 6) is 0.905. The Kier molecular flexibility index (Phi) is 4.52. The van der Waals surface area contributed by atoms with E-state index in [1.54, 1.807) is 32.4 Å². The first kappa shape index (κ1) is 15.7. The number of amides is 1. The number of nitrogens with one attached hydrogen (secondary N) is 1. The Balaban J connectivity index is 1.75. The van der Waals surface area contributed by atoms with E-state index in [0.717, 1.165) is 11.4 Å². The van der Waals surface area contributed by atoms with Crippen LogP contribution in [0.2, 0.25) is 0 Å². The van der Waals surface area contributed by atoms with Crippen LogP contribution in [-0.2, 0) is 0 Å². The predicted octanol–water partition coefficient (Wildman–Crippen LogP) is 3.75. The summed E-state index contributed by atoms with van der Waals surface area (Å²) in [4.78, 5) is 12.4. The molecule has 5 nitrogen and oxygen atoms in total. The lowest BCUT2D eigenvalue weighted by Crippen LogP contribution is -2.12. The molecular formula is C19H18N2O3. The van der Waals surface area contributed by atoms with Crippen molar-refractivity contribution in [3.63, 3.8) is 0 Å². The Morgan fingerprint density at radius 1 is 0.917 bits per heavy atom. The molecule has 122 valence electrons. The highest BCUT2D eigenvalue weighted by Crippen LogP contribution is 2.28. The third-order valence-electron chi connectivity index (χ3n) is 3.67. The zero-order valence-corrected chi connectivity index (χ0v) is 13.5. The standard InChI is InChI=1S/C19H18N2O3/c1-23-17-10-5-14(13-18(17)24-2)19(22)20-15-6-8-16(9-7-15)21-11-3-4-12-21/h3-13H,1-2H3,(H,20,22). The lowest BCUT2D eigenvalue weighted by atomic mass is 10.1. The maximum absolute atomic E-state index is 12.4. The van der Waals surface area contributed by atoms with Gasteiger partial charge in [-0.15, -0.1) is 0 Å². The molecule has 0 unspecified atom stereocenters. The number of methoxy groups -OCH3 is 2. The van der Waals surface area contributed by atoms with Gasteiger partial charge in [0.15, 0.2) is 11.5 Å². The molecule has 24 heavy (non-hydrogen) atoms. The molecule has 1 N–H and O–H groups in total. The molecule has 0 atom stereocenters. The number of benzene rings is 2. The molecule has 0 aliphatic carbocycles. The molecule has 0 saturated carbocycles. The highest BCUT2D eigenvalue weighted by molar-refractivity contribution is 6.04. The van der Waals surface area contributed by atoms with Crippen LogP contribution in [0, 0.1) is 0 Å². The molecule has 0 radical (unpaired) electrons. The third kappa shape index (κ3) is 3.25. The van der Waals surface area contributed by atoms with E-state index in [9.17, 15) is 4.79 Å². The molecular weight excluding hydrogens is 304 g/mol. The number of anilines is 1. The van der Waals surface area contributed by atoms with Crippen LogP contribution < -0.4 is 14.8 Å². The van der Waals surface area contributed by atoms with Crippen LogP contribution in [-0.4, -0.2) is 24.7 Å². The SMILES string of the molecule is COc1ccc(C(=O)Nc2ccc(-n3cccc3)cc2)cc1OC. The molecule has 3 rings (SSSR count). The zero-order chi connectivity index (χ0) is 16.9. The molecule has 0 bridgehead atoms. The Bertz CT molecular complexity index is 824. The van der Waals surface area contributed by atoms with Gasteiger partial charge in [-0.25, -0.2) is 0 Å². The minimum absolute atomic E-state index is 0.204. The van der Waals surface area contributed by atoms with E-state index in [-0.39, 0.29) is 5.91 Å². The lowest BCUT2D eigenvalue weighted by Gasteiger charge is -2.10. The number of nitrogens with zero attached hydrogens (tertiary/aromatic N) is 1. The first-order valence-electron chi connectivity index (χ1n) is 7.48. The zero-order valence-electron chi connectivity index (χ0n) is 13.5. The highest BCUT2D eigenvalue weighted by atomic mass is 16.5. The Morgan fingerprint density at radius 3 is 2.21 bits per heavy atom. The van der Waals surface area contributed by atoms with Gasteiger partial charge in [0.25, 0.3) is 5.91 Å². The van der Waals surface area contributed by atoms with Gasteiger partial charge in [0.05, 0.1) is 14.2 Å². The minimum Gasteiger partial charge on any atom is -0.493 e. The molecule has 1 heterocycles. The number of ether oxygens (including phenoxy) is 2. The molecule has 0 aliphatic rings. The molecule has 3 aromatic rings. The van der Waals surface area contributed by atoms with Crippen LogP contribution in [0.1, 0.15) is 10.4 Å². The average Bonchev–Trinajstić information content (AvgIpc) is 3.16. The monoisotopic (exact) mass is 322 g/mol. The molecule has 0 saturated heterocycles. The summed E-state index contributed by atoms with van der Waals surface area (Å²) in [6.45, 7) is 0. The average molecular weight is 322 g/mol. The van der Waals surface area contributed by atoms with Gasteiger partial charge in [-0.1, -0.05) is 0 Å². The van der Waals surface area contributed by atoms with Crippen LogP contribution in [0.25, 0.3) is 5.69 Å². The summed E-state index contributed by atoms with van der Waals surface area (Å²) < 4.78 is 12.4. The summed E-state index contributed by atoms with van der Waals surface area (Å²) in [5, 5.41) is 2.87. The van der Waals surface area contributed by atoms with Crippen molar-refractivity contribution in [1.29, 1.82) is 0 Å². The van der Waals surface area contributed by atoms with Crippen LogP contribution in [0.5, 0.6) is 11.5 Å². The third-order valence-corrected chi connectivity index (χ3v) is 3.67. The lowest BCUT2D eigenvalue weighted by molar-refractivity contribution is 0.102. The summed E-state index contributed by atoms with van der Waals surface area (Å²) >= 11 is 0. The van der Waals surface area contributed by atoms with E-state index in [2.05, 4.69) is 5.32 Å². The van der Waals surface area contributed by atoms with Gasteiger partial charge in [-0.05, 0) is 54.6 Å². The number of hydrogen-bond acceptors (Lipinski definition) is 3. The van der Waals surface area contributed by atoms with Gasteiger partial charge in [0.1, 0.15) is 0 Å². The fourth-order valence-corrected chi connectivity index (χ4v) is 2.40. The van der Waals surface area contributed by atoms with E-state index in [1.807, 2.05) is 53.4 Å². The maximum Gasteiger partial charge on any atom is 0.255 e. The largest absolute Gasteiger partial charge is 0.493 e. The van der Waals surface area contributed by atoms with E-state index in [4.69, 9.17) is 9.47 Å². The smallest absolute Gasteiger partial charge is 0.255 e. The first-order valence-corrected chi connectivity index (χ1v) is 7.48. The molecule has 1 amide bonds. The van der Waals surface area contributed by atoms with Crippen molar-refractivity contribution >= 4 is 11.6 Å². The van der Waals surface area contributed by atoms with Crippen LogP contribution in [0.3, 0.4) is 0 Å². The molecule has 0 aliphatic heterocycles. The van der Waals surface area contributed by atoms with Crippen LogP contribution in [0.4, 0.5) is 5.69 Å². The quantitative estimate of drug-likeness (QED) is 0.778. The second-order valence-electron chi connectivity index (χ2n) is 5.16. The number of rotatable bonds is 5. The summed E-state index contributed by atoms with van der Waals surface area (Å²) in [5.41, 5.74) is 2.26. The predicted molar refractivity (Wildman–Crippen MR) is 93.3 cm³/mol. The van der Waals surface area contributed by atoms with E-state index < -0.39 is 0 Å². The van der Waals surface area contributed by atoms with Crippen LogP contribution >= 0.6 is 0 Å². The van der Waals surface area contributed by atoms with Crippen molar-refractivity contribution in [2.24, 2.45) is 0 Å². The normalized spacial score (nSPS) is 10.2. The second kappa shape index (κ2) is 6.91. The summed E-state index contributed by atoms with van der Waals surface area (Å²) in [6, 6.07) is 16.6. The fourth-order valence-electron chi connectivity index (χ4n) is 2.40. The molecule has 0 fully saturated rings. The van der Waals surface area contributed by atoms with Gasteiger partial charge in [0, 0.05) is 29.3 Å². The summed E-state index contributed by atoms with van der Waals surface area (Å²) in [7, 11) is 3.10. The van der Waals surface area contributed by atoms with Gasteiger partial charge < -0.3 is 19.4 Å². The molecule has 1 aromatic heterocycles. The van der Waals surface area contributed by atoms with E-state index in [1.165, 1.54) is 0 Å². The van der Waals surface area contributed by atoms with E-state index >= 15 is 0 Å². The molecule has 2 aromatic carbocycles. The van der Waals surface area contributed by atoms with Crippen molar-refractivity contribution < 1.29 is 14.3 Å². The second-order valence-corrected chi connectivity index (χ2v) is 5.16. The molecule has 0 spiro atoms. The number of carbonyl (C=O) groups excluding carboxylic acids is 1. The fraction of sp³-hybridized carbons (Fsp3) is 0.105. The number of hydrogen-bond donors (Lipinski definition) is 1. The van der Waals surface area contributed by atoms with Crippen molar-refractivity contribution in [1.82, 2.24) is 4.57 Å². The van der Waals surface area contributed by atoms with Crippen molar-refractivity contribution in [3.8, 4) is 17.2 Å². The topological polar surface area (TPSA) is 52.5 Å². The Morgan fingerprint density at radius 2 is 1.58 bits per heavy atom. The van der Waals surface area contributed by atoms with Crippen molar-refractivity contribution in [2.45, 2.75) is 0 Å². The molecule has 5 heteroatoms. The van der Waals surface area contributed by atoms with Gasteiger partial charge in [-0.3, -0.25) is 4.79 Å². The number of carbonyl (C=O) groups is 1. The van der Waals surface area contributed by atoms with Crippen molar-refractivity contribution in [2.75, 3.05) is 19.5 Å². The van der Waals surface area contributed by atoms with Crippen LogP contribution in [0.15, 0.2) is 67.0 Å². The summed E-state index contributed by atoms with van der Waals surface area (Å²) in [6.07, 6.45) is 3.94. The first-order chi connectivity index (χ1) is 11.7. The van der Waals surface area contributed by atoms with Gasteiger partial charge in [-0.2, -0.15) is 0 Å². The number of aromatic nitrogens is 1. The Labute approximate surface area is 140 Å². The van der Waals surface area contributed by atoms with Crippen molar-refractivity contribution in [3.05, 3.63) is 72.6 Å². The Hall–Kier alpha value is -3.21.